The van der Waals surface area contributed by atoms with Gasteiger partial charge in [-0.15, -0.1) is 0 Å². The van der Waals surface area contributed by atoms with Crippen LogP contribution in [0.3, 0.4) is 0 Å². The van der Waals surface area contributed by atoms with E-state index in [4.69, 9.17) is 5.73 Å². The van der Waals surface area contributed by atoms with Crippen molar-refractivity contribution < 1.29 is 4.79 Å². The van der Waals surface area contributed by atoms with Crippen LogP contribution in [0.5, 0.6) is 0 Å². The van der Waals surface area contributed by atoms with Crippen molar-refractivity contribution in [1.82, 2.24) is 20.0 Å². The molecule has 0 atom stereocenters. The van der Waals surface area contributed by atoms with Crippen molar-refractivity contribution in [3.63, 3.8) is 0 Å². The predicted molar refractivity (Wildman–Crippen MR) is 103 cm³/mol. The minimum absolute atomic E-state index is 0.436. The lowest BCUT2D eigenvalue weighted by Gasteiger charge is -2.27. The highest BCUT2D eigenvalue weighted by molar-refractivity contribution is 6.00. The van der Waals surface area contributed by atoms with Crippen molar-refractivity contribution in [2.45, 2.75) is 13.3 Å². The van der Waals surface area contributed by atoms with Crippen molar-refractivity contribution in [2.24, 2.45) is 17.8 Å². The Morgan fingerprint density at radius 1 is 1.35 bits per heavy atom. The number of carbonyl (C=O) groups excluding carboxylic acids is 1. The van der Waals surface area contributed by atoms with Crippen molar-refractivity contribution in [3.05, 3.63) is 47.4 Å². The number of carbonyl (C=O) groups is 1. The second-order valence-corrected chi connectivity index (χ2v) is 6.34. The molecule has 0 saturated heterocycles. The third-order valence-corrected chi connectivity index (χ3v) is 4.80. The van der Waals surface area contributed by atoms with Crippen LogP contribution < -0.4 is 11.1 Å². The Labute approximate surface area is 153 Å². The van der Waals surface area contributed by atoms with Crippen molar-refractivity contribution in [3.8, 4) is 11.1 Å². The molecule has 1 aromatic carbocycles. The van der Waals surface area contributed by atoms with Gasteiger partial charge >= 0.3 is 0 Å². The second kappa shape index (κ2) is 7.43. The molecule has 0 fully saturated rings. The van der Waals surface area contributed by atoms with Gasteiger partial charge in [0.05, 0.1) is 18.4 Å². The first-order chi connectivity index (χ1) is 12.5. The predicted octanol–water partition coefficient (Wildman–Crippen LogP) is 1.72. The molecule has 1 aliphatic heterocycles. The molecule has 1 amide bonds. The number of amidine groups is 1. The van der Waals surface area contributed by atoms with Gasteiger partial charge in [0.2, 0.25) is 6.41 Å². The number of aryl methyl sites for hydroxylation is 1. The van der Waals surface area contributed by atoms with Gasteiger partial charge in [-0.3, -0.25) is 9.48 Å². The normalized spacial score (nSPS) is 15.3. The molecule has 2 heterocycles. The van der Waals surface area contributed by atoms with E-state index in [2.05, 4.69) is 15.4 Å². The van der Waals surface area contributed by atoms with Gasteiger partial charge in [0.25, 0.3) is 0 Å². The third kappa shape index (κ3) is 3.46. The number of nitrogens with two attached hydrogens (primary N) is 1. The number of nitrogens with one attached hydrogen (secondary N) is 1. The molecule has 0 radical (unpaired) electrons. The Morgan fingerprint density at radius 3 is 2.65 bits per heavy atom. The molecule has 1 aliphatic rings. The molecule has 0 spiro atoms. The van der Waals surface area contributed by atoms with Crippen LogP contribution in [0.25, 0.3) is 11.1 Å². The van der Waals surface area contributed by atoms with Gasteiger partial charge in [-0.1, -0.05) is 12.1 Å². The summed E-state index contributed by atoms with van der Waals surface area (Å²) in [5, 5.41) is 7.45. The molecular weight excluding hydrogens is 328 g/mol. The standard InChI is InChI=1S/C19H24N6O/c1-13-16(10-22-24(13)3)14-4-6-15(7-5-14)23-19(20)17-11-25(12-26)9-8-18(17)21-2/h4-7,10,12,21H,8-9,11H2,1-3H3,(H2,20,23). The minimum Gasteiger partial charge on any atom is -0.391 e. The Balaban J connectivity index is 1.86. The molecule has 26 heavy (non-hydrogen) atoms. The molecular formula is C19H24N6O. The summed E-state index contributed by atoms with van der Waals surface area (Å²) >= 11 is 0. The van der Waals surface area contributed by atoms with E-state index >= 15 is 0 Å². The second-order valence-electron chi connectivity index (χ2n) is 6.34. The summed E-state index contributed by atoms with van der Waals surface area (Å²) in [5.74, 6) is 0.436. The molecule has 1 aromatic heterocycles. The summed E-state index contributed by atoms with van der Waals surface area (Å²) in [6, 6.07) is 7.91. The quantitative estimate of drug-likeness (QED) is 0.487. The minimum atomic E-state index is 0.436. The van der Waals surface area contributed by atoms with Gasteiger partial charge in [0.1, 0.15) is 5.84 Å². The first-order valence-electron chi connectivity index (χ1n) is 8.56. The number of rotatable bonds is 5. The van der Waals surface area contributed by atoms with Gasteiger partial charge in [0, 0.05) is 49.6 Å². The van der Waals surface area contributed by atoms with Crippen molar-refractivity contribution >= 4 is 17.9 Å². The average molecular weight is 352 g/mol. The van der Waals surface area contributed by atoms with E-state index in [0.29, 0.717) is 18.9 Å². The van der Waals surface area contributed by atoms with E-state index in [1.165, 1.54) is 0 Å². The summed E-state index contributed by atoms with van der Waals surface area (Å²) < 4.78 is 1.85. The van der Waals surface area contributed by atoms with Crippen LogP contribution in [0.1, 0.15) is 12.1 Å². The third-order valence-electron chi connectivity index (χ3n) is 4.80. The fourth-order valence-electron chi connectivity index (χ4n) is 3.09. The van der Waals surface area contributed by atoms with Crippen molar-refractivity contribution in [2.75, 3.05) is 20.1 Å². The highest BCUT2D eigenvalue weighted by Gasteiger charge is 2.19. The molecule has 0 saturated carbocycles. The molecule has 136 valence electrons. The fraction of sp³-hybridized carbons (Fsp3) is 0.316. The molecule has 0 aliphatic carbocycles. The van der Waals surface area contributed by atoms with E-state index in [1.54, 1.807) is 4.90 Å². The zero-order valence-corrected chi connectivity index (χ0v) is 15.4. The maximum atomic E-state index is 11.1. The van der Waals surface area contributed by atoms with Crippen LogP contribution in [-0.2, 0) is 11.8 Å². The highest BCUT2D eigenvalue weighted by atomic mass is 16.1. The number of aromatic nitrogens is 2. The van der Waals surface area contributed by atoms with Gasteiger partial charge in [0.15, 0.2) is 0 Å². The molecule has 7 heteroatoms. The largest absolute Gasteiger partial charge is 0.391 e. The van der Waals surface area contributed by atoms with Crippen LogP contribution in [0, 0.1) is 6.92 Å². The monoisotopic (exact) mass is 352 g/mol. The van der Waals surface area contributed by atoms with Crippen LogP contribution in [0.4, 0.5) is 5.69 Å². The summed E-state index contributed by atoms with van der Waals surface area (Å²) in [6.07, 6.45) is 3.47. The van der Waals surface area contributed by atoms with E-state index in [9.17, 15) is 4.79 Å². The number of aliphatic imine (C=N–C) groups is 1. The first kappa shape index (κ1) is 17.7. The lowest BCUT2D eigenvalue weighted by molar-refractivity contribution is -0.117. The highest BCUT2D eigenvalue weighted by Crippen LogP contribution is 2.25. The molecule has 2 aromatic rings. The molecule has 7 nitrogen and oxygen atoms in total. The SMILES string of the molecule is CNC1=C(C(N)=Nc2ccc(-c3cnn(C)c3C)cc2)CN(C=O)CC1. The van der Waals surface area contributed by atoms with E-state index < -0.39 is 0 Å². The molecule has 3 N–H and O–H groups in total. The van der Waals surface area contributed by atoms with E-state index in [1.807, 2.05) is 56.2 Å². The van der Waals surface area contributed by atoms with Crippen LogP contribution in [0.2, 0.25) is 0 Å². The van der Waals surface area contributed by atoms with Gasteiger partial charge in [-0.2, -0.15) is 5.10 Å². The Hall–Kier alpha value is -3.09. The molecule has 0 unspecified atom stereocenters. The topological polar surface area (TPSA) is 88.5 Å². The molecule has 0 bridgehead atoms. The lowest BCUT2D eigenvalue weighted by Crippen LogP contribution is -2.37. The zero-order chi connectivity index (χ0) is 18.7. The smallest absolute Gasteiger partial charge is 0.210 e. The number of nitrogens with zero attached hydrogens (tertiary/aromatic N) is 4. The fourth-order valence-corrected chi connectivity index (χ4v) is 3.09. The number of amides is 1. The van der Waals surface area contributed by atoms with Crippen molar-refractivity contribution in [1.29, 1.82) is 0 Å². The average Bonchev–Trinajstić information content (AvgIpc) is 3.00. The summed E-state index contributed by atoms with van der Waals surface area (Å²) in [6.45, 7) is 3.21. The number of hydrogen-bond acceptors (Lipinski definition) is 4. The van der Waals surface area contributed by atoms with E-state index in [-0.39, 0.29) is 0 Å². The van der Waals surface area contributed by atoms with Gasteiger partial charge in [-0.05, 0) is 24.6 Å². The maximum absolute atomic E-state index is 11.1. The van der Waals surface area contributed by atoms with Crippen LogP contribution >= 0.6 is 0 Å². The number of benzene rings is 1. The Kier molecular flexibility index (Phi) is 5.06. The zero-order valence-electron chi connectivity index (χ0n) is 15.4. The maximum Gasteiger partial charge on any atom is 0.210 e. The van der Waals surface area contributed by atoms with Crippen LogP contribution in [-0.4, -0.2) is 47.1 Å². The van der Waals surface area contributed by atoms with Crippen LogP contribution in [0.15, 0.2) is 46.7 Å². The summed E-state index contributed by atoms with van der Waals surface area (Å²) in [7, 11) is 3.79. The lowest BCUT2D eigenvalue weighted by atomic mass is 10.0. The first-order valence-corrected chi connectivity index (χ1v) is 8.56. The molecule has 3 rings (SSSR count). The van der Waals surface area contributed by atoms with Gasteiger partial charge in [-0.25, -0.2) is 4.99 Å². The summed E-state index contributed by atoms with van der Waals surface area (Å²) in [4.78, 5) is 17.3. The Morgan fingerprint density at radius 2 is 2.08 bits per heavy atom. The number of hydrogen-bond donors (Lipinski definition) is 2. The van der Waals surface area contributed by atoms with Gasteiger partial charge < -0.3 is 16.0 Å². The summed E-state index contributed by atoms with van der Waals surface area (Å²) in [5.41, 5.74) is 12.2. The van der Waals surface area contributed by atoms with E-state index in [0.717, 1.165) is 46.6 Å². The Bertz CT molecular complexity index is 863.